The molecular weight excluding hydrogens is 336 g/mol. The molecule has 10 aliphatic rings. The Morgan fingerprint density at radius 1 is 0.875 bits per heavy atom. The van der Waals surface area contributed by atoms with Crippen LogP contribution in [-0.2, 0) is 17.5 Å². The van der Waals surface area contributed by atoms with Crippen molar-refractivity contribution in [3.63, 3.8) is 0 Å². The van der Waals surface area contributed by atoms with E-state index in [1.165, 1.54) is 88.4 Å². The van der Waals surface area contributed by atoms with E-state index in [2.05, 4.69) is 34.8 Å². The summed E-state index contributed by atoms with van der Waals surface area (Å²) in [5.41, 5.74) is 0. The third-order valence-corrected chi connectivity index (χ3v) is 59.6. The molecule has 4 unspecified atom stereocenters. The first kappa shape index (κ1) is 10.8. The van der Waals surface area contributed by atoms with Crippen LogP contribution < -0.4 is 4.57 Å². The van der Waals surface area contributed by atoms with Gasteiger partial charge in [0.1, 0.15) is 0 Å². The molecule has 0 saturated carbocycles. The average Bonchev–Trinajstić information content (AvgIpc) is 3.48. The van der Waals surface area contributed by atoms with Gasteiger partial charge in [-0.2, -0.15) is 0 Å². The van der Waals surface area contributed by atoms with Crippen molar-refractivity contribution in [2.75, 3.05) is 0 Å². The molecule has 3 heteroatoms. The summed E-state index contributed by atoms with van der Waals surface area (Å²) in [6, 6.07) is 0. The predicted octanol–water partition coefficient (Wildman–Crippen LogP) is 5.39. The first-order valence-corrected chi connectivity index (χ1v) is 17.2. The van der Waals surface area contributed by atoms with E-state index >= 15 is 0 Å². The third-order valence-electron chi connectivity index (χ3n) is 17.5. The summed E-state index contributed by atoms with van der Waals surface area (Å²) in [7, 11) is 0. The van der Waals surface area contributed by atoms with Gasteiger partial charge in [0.15, 0.2) is 0 Å². The molecule has 10 aliphatic heterocycles. The molecular formula is C21H29FeN2+. The molecule has 1 aromatic rings. The van der Waals surface area contributed by atoms with Crippen molar-refractivity contribution in [3.05, 3.63) is 18.7 Å². The monoisotopic (exact) mass is 365 g/mol. The Morgan fingerprint density at radius 2 is 1.50 bits per heavy atom. The van der Waals surface area contributed by atoms with Gasteiger partial charge in [0.25, 0.3) is 0 Å². The summed E-state index contributed by atoms with van der Waals surface area (Å²) >= 11 is 0. The molecule has 11 rings (SSSR count). The van der Waals surface area contributed by atoms with E-state index in [0.29, 0.717) is 0 Å². The van der Waals surface area contributed by atoms with Crippen LogP contribution >= 0.6 is 0 Å². The maximum atomic E-state index is 2.91. The van der Waals surface area contributed by atoms with Gasteiger partial charge in [-0.1, -0.05) is 0 Å². The van der Waals surface area contributed by atoms with E-state index in [0.717, 1.165) is 4.44 Å². The van der Waals surface area contributed by atoms with Gasteiger partial charge < -0.3 is 0 Å². The van der Waals surface area contributed by atoms with Gasteiger partial charge in [-0.3, -0.25) is 0 Å². The second-order valence-corrected chi connectivity index (χ2v) is 37.0. The molecule has 24 heavy (non-hydrogen) atoms. The van der Waals surface area contributed by atoms with Gasteiger partial charge in [-0.15, -0.1) is 0 Å². The number of nitrogens with zero attached hydrogens (tertiary/aromatic N) is 2. The number of hydrogen-bond donors (Lipinski definition) is 0. The van der Waals surface area contributed by atoms with Crippen LogP contribution in [0.3, 0.4) is 0 Å². The van der Waals surface area contributed by atoms with Crippen LogP contribution in [0.2, 0.25) is 43.3 Å². The molecule has 130 valence electrons. The number of aromatic nitrogens is 2. The molecule has 0 radical (unpaired) electrons. The van der Waals surface area contributed by atoms with E-state index in [1.807, 2.05) is 0 Å². The third kappa shape index (κ3) is 0.168. The fourth-order valence-corrected chi connectivity index (χ4v) is 92.2. The second-order valence-electron chi connectivity index (χ2n) is 13.5. The molecule has 10 saturated heterocycles. The Balaban J connectivity index is 0.974. The van der Waals surface area contributed by atoms with Crippen molar-refractivity contribution < 1.29 is 11.1 Å². The van der Waals surface area contributed by atoms with Crippen molar-refractivity contribution in [3.8, 4) is 0 Å². The molecule has 11 heterocycles. The zero-order valence-electron chi connectivity index (χ0n) is 14.6. The Morgan fingerprint density at radius 3 is 2.04 bits per heavy atom. The first-order valence-electron chi connectivity index (χ1n) is 10.9. The van der Waals surface area contributed by atoms with E-state index in [9.17, 15) is 0 Å². The Bertz CT molecular complexity index is 1160. The molecule has 1 spiro atoms. The SMILES string of the molecule is CCCCCCCC[n+]1ccn([C]23[CH]4[CH]5[CH]6[CH]2[Fe]56432789[CH]3[CH]2[CH]7[CH]8[CH]39)c1. The summed E-state index contributed by atoms with van der Waals surface area (Å²) in [4.78, 5) is 12.9. The second kappa shape index (κ2) is 1.22. The van der Waals surface area contributed by atoms with E-state index in [4.69, 9.17) is 0 Å². The summed E-state index contributed by atoms with van der Waals surface area (Å²) in [6.07, 6.45) is 16.1. The molecule has 4 atom stereocenters. The summed E-state index contributed by atoms with van der Waals surface area (Å²) < 4.78 is 6.37. The summed E-state index contributed by atoms with van der Waals surface area (Å²) in [5.74, 6) is 0. The zero-order chi connectivity index (χ0) is 15.2. The van der Waals surface area contributed by atoms with Gasteiger partial charge in [-0.05, 0) is 0 Å². The number of rotatable bonds is 8. The van der Waals surface area contributed by atoms with Crippen LogP contribution in [0.5, 0.6) is 0 Å². The molecule has 0 N–H and O–H groups in total. The topological polar surface area (TPSA) is 8.81 Å². The fourth-order valence-electron chi connectivity index (χ4n) is 18.6. The van der Waals surface area contributed by atoms with Crippen molar-refractivity contribution in [2.45, 2.75) is 99.8 Å². The van der Waals surface area contributed by atoms with Crippen LogP contribution in [0.4, 0.5) is 0 Å². The van der Waals surface area contributed by atoms with Gasteiger partial charge >= 0.3 is 134 Å². The van der Waals surface area contributed by atoms with Crippen molar-refractivity contribution in [1.82, 2.24) is 4.57 Å². The normalized spacial score (nSPS) is 88.0. The van der Waals surface area contributed by atoms with Crippen molar-refractivity contribution in [1.29, 1.82) is 0 Å². The van der Waals surface area contributed by atoms with Crippen LogP contribution in [0, 0.1) is 0 Å². The summed E-state index contributed by atoms with van der Waals surface area (Å²) in [5, 5.41) is 0. The standard InChI is InChI=1S/C16H24N2.C5H5.Fe/c1-2-3-4-5-6-9-12-17-13-14-18(15-17)16-10-7-8-11-16;1-2-4-5-3-1;/h7-8,10-11,13-15H,2-6,9,12H2,1H3;1-5H;/q+1;;. The van der Waals surface area contributed by atoms with Gasteiger partial charge in [0.05, 0.1) is 0 Å². The first-order chi connectivity index (χ1) is 11.6. The molecule has 10 fully saturated rings. The Hall–Kier alpha value is -0.271. The fraction of sp³-hybridized carbons (Fsp3) is 0.857. The maximum absolute atomic E-state index is 2.93. The molecule has 1 aromatic heterocycles. The van der Waals surface area contributed by atoms with Gasteiger partial charge in [0, 0.05) is 0 Å². The van der Waals surface area contributed by atoms with Crippen LogP contribution in [0.25, 0.3) is 0 Å². The Labute approximate surface area is 134 Å². The van der Waals surface area contributed by atoms with E-state index in [-0.39, 0.29) is 0 Å². The quantitative estimate of drug-likeness (QED) is 0.332. The molecule has 2 nitrogen and oxygen atoms in total. The van der Waals surface area contributed by atoms with Gasteiger partial charge in [-0.25, -0.2) is 0 Å². The Kier molecular flexibility index (Phi) is 0.548. The minimum atomic E-state index is -2.93. The zero-order valence-corrected chi connectivity index (χ0v) is 15.7. The molecule has 0 aliphatic carbocycles. The number of aryl methyl sites for hydroxylation is 1. The number of imidazole rings is 1. The minimum absolute atomic E-state index is 0.894. The molecule has 0 aromatic carbocycles. The average molecular weight is 365 g/mol. The summed E-state index contributed by atoms with van der Waals surface area (Å²) in [6.45, 7) is 0.649. The number of unbranched alkanes of at least 4 members (excludes halogenated alkanes) is 5. The van der Waals surface area contributed by atoms with E-state index in [1.54, 1.807) is 0 Å². The van der Waals surface area contributed by atoms with Crippen LogP contribution in [0.15, 0.2) is 18.7 Å². The van der Waals surface area contributed by atoms with Crippen LogP contribution in [-0.4, -0.2) is 4.57 Å². The number of fused-ring (bicyclic) bond motifs is 10. The van der Waals surface area contributed by atoms with Gasteiger partial charge in [0.2, 0.25) is 0 Å². The molecule has 0 bridgehead atoms. The van der Waals surface area contributed by atoms with Crippen molar-refractivity contribution >= 4 is 0 Å². The van der Waals surface area contributed by atoms with Crippen LogP contribution in [0.1, 0.15) is 45.4 Å². The van der Waals surface area contributed by atoms with E-state index < -0.39 is 6.51 Å². The van der Waals surface area contributed by atoms with Crippen molar-refractivity contribution in [2.24, 2.45) is 0 Å². The molecule has 0 amide bonds. The predicted molar refractivity (Wildman–Crippen MR) is 89.7 cm³/mol. The number of hydrogen-bond acceptors (Lipinski definition) is 0.